The summed E-state index contributed by atoms with van der Waals surface area (Å²) in [7, 11) is 0. The van der Waals surface area contributed by atoms with E-state index in [1.807, 2.05) is 13.8 Å². The van der Waals surface area contributed by atoms with Crippen LogP contribution in [-0.4, -0.2) is 9.97 Å². The predicted octanol–water partition coefficient (Wildman–Crippen LogP) is 4.79. The minimum absolute atomic E-state index is 0.196. The van der Waals surface area contributed by atoms with E-state index in [9.17, 15) is 8.78 Å². The van der Waals surface area contributed by atoms with Gasteiger partial charge in [-0.05, 0) is 34.1 Å². The van der Waals surface area contributed by atoms with Gasteiger partial charge in [-0.15, -0.1) is 0 Å². The second-order valence-corrected chi connectivity index (χ2v) is 6.13. The molecule has 0 bridgehead atoms. The van der Waals surface area contributed by atoms with Crippen LogP contribution in [0.1, 0.15) is 25.6 Å². The third-order valence-corrected chi connectivity index (χ3v) is 3.63. The van der Waals surface area contributed by atoms with Crippen LogP contribution in [0, 0.1) is 11.6 Å². The van der Waals surface area contributed by atoms with Gasteiger partial charge in [0, 0.05) is 16.9 Å². The normalized spacial score (nSPS) is 11.1. The van der Waals surface area contributed by atoms with Gasteiger partial charge in [0.05, 0.1) is 0 Å². The van der Waals surface area contributed by atoms with E-state index in [0.29, 0.717) is 20.3 Å². The average molecular weight is 345 g/mol. The number of hydrogen-bond donors (Lipinski definition) is 0. The lowest BCUT2D eigenvalue weighted by Gasteiger charge is -2.07. The Bertz CT molecular complexity index is 605. The van der Waals surface area contributed by atoms with Gasteiger partial charge >= 0.3 is 0 Å². The van der Waals surface area contributed by atoms with Crippen molar-refractivity contribution in [3.8, 4) is 0 Å². The van der Waals surface area contributed by atoms with Gasteiger partial charge in [0.15, 0.2) is 11.6 Å². The first kappa shape index (κ1) is 14.4. The Morgan fingerprint density at radius 2 is 1.84 bits per heavy atom. The minimum atomic E-state index is -0.859. The van der Waals surface area contributed by atoms with E-state index in [1.165, 1.54) is 17.8 Å². The Labute approximate surface area is 122 Å². The quantitative estimate of drug-likeness (QED) is 0.748. The second-order valence-electron chi connectivity index (χ2n) is 4.22. The molecule has 0 saturated heterocycles. The van der Waals surface area contributed by atoms with Crippen LogP contribution in [0.25, 0.3) is 0 Å². The van der Waals surface area contributed by atoms with E-state index in [2.05, 4.69) is 25.9 Å². The molecule has 2 aromatic rings. The highest BCUT2D eigenvalue weighted by atomic mass is 79.9. The van der Waals surface area contributed by atoms with Crippen molar-refractivity contribution in [3.63, 3.8) is 0 Å². The van der Waals surface area contributed by atoms with Crippen molar-refractivity contribution < 1.29 is 8.78 Å². The van der Waals surface area contributed by atoms with Gasteiger partial charge in [0.25, 0.3) is 0 Å². The summed E-state index contributed by atoms with van der Waals surface area (Å²) in [5, 5.41) is 0.691. The molecule has 0 aliphatic rings. The molecule has 19 heavy (non-hydrogen) atoms. The van der Waals surface area contributed by atoms with Crippen LogP contribution in [0.4, 0.5) is 8.78 Å². The summed E-state index contributed by atoms with van der Waals surface area (Å²) >= 11 is 4.59. The molecule has 0 amide bonds. The van der Waals surface area contributed by atoms with Crippen LogP contribution < -0.4 is 0 Å². The standard InChI is InChI=1S/C13H11BrF2N2S/c1-7(2)13-17-11(14)6-12(18-13)19-8-3-4-9(15)10(16)5-8/h3-7H,1-2H3. The fourth-order valence-corrected chi connectivity index (χ4v) is 2.79. The molecule has 0 spiro atoms. The molecule has 0 saturated carbocycles. The number of rotatable bonds is 3. The maximum Gasteiger partial charge on any atom is 0.159 e. The van der Waals surface area contributed by atoms with Crippen molar-refractivity contribution in [2.75, 3.05) is 0 Å². The highest BCUT2D eigenvalue weighted by Gasteiger charge is 2.09. The molecular formula is C13H11BrF2N2S. The SMILES string of the molecule is CC(C)c1nc(Br)cc(Sc2ccc(F)c(F)c2)n1. The molecule has 2 rings (SSSR count). The second kappa shape index (κ2) is 5.96. The van der Waals surface area contributed by atoms with E-state index in [4.69, 9.17) is 0 Å². The molecule has 0 unspecified atom stereocenters. The third kappa shape index (κ3) is 3.73. The number of hydrogen-bond acceptors (Lipinski definition) is 3. The third-order valence-electron chi connectivity index (χ3n) is 2.32. The Morgan fingerprint density at radius 3 is 2.47 bits per heavy atom. The fourth-order valence-electron chi connectivity index (χ4n) is 1.39. The maximum atomic E-state index is 13.1. The molecule has 0 fully saturated rings. The highest BCUT2D eigenvalue weighted by molar-refractivity contribution is 9.10. The van der Waals surface area contributed by atoms with E-state index >= 15 is 0 Å². The van der Waals surface area contributed by atoms with Crippen LogP contribution in [0.15, 0.2) is 38.8 Å². The van der Waals surface area contributed by atoms with Crippen molar-refractivity contribution in [1.29, 1.82) is 0 Å². The maximum absolute atomic E-state index is 13.1. The molecule has 0 aliphatic carbocycles. The Morgan fingerprint density at radius 1 is 1.11 bits per heavy atom. The van der Waals surface area contributed by atoms with Crippen LogP contribution in [-0.2, 0) is 0 Å². The minimum Gasteiger partial charge on any atom is -0.226 e. The van der Waals surface area contributed by atoms with Crippen molar-refractivity contribution in [3.05, 3.63) is 46.3 Å². The zero-order chi connectivity index (χ0) is 14.0. The first-order valence-corrected chi connectivity index (χ1v) is 7.24. The van der Waals surface area contributed by atoms with E-state index in [-0.39, 0.29) is 5.92 Å². The molecule has 1 aromatic carbocycles. The number of benzene rings is 1. The highest BCUT2D eigenvalue weighted by Crippen LogP contribution is 2.29. The lowest BCUT2D eigenvalue weighted by Crippen LogP contribution is -1.98. The molecule has 0 N–H and O–H groups in total. The first-order chi connectivity index (χ1) is 8.95. The monoisotopic (exact) mass is 344 g/mol. The lowest BCUT2D eigenvalue weighted by atomic mass is 10.2. The summed E-state index contributed by atoms with van der Waals surface area (Å²) in [6, 6.07) is 5.54. The van der Waals surface area contributed by atoms with Crippen LogP contribution in [0.2, 0.25) is 0 Å². The largest absolute Gasteiger partial charge is 0.226 e. The van der Waals surface area contributed by atoms with Crippen LogP contribution in [0.3, 0.4) is 0 Å². The van der Waals surface area contributed by atoms with Crippen molar-refractivity contribution in [2.45, 2.75) is 29.7 Å². The molecule has 0 aliphatic heterocycles. The van der Waals surface area contributed by atoms with Crippen molar-refractivity contribution in [1.82, 2.24) is 9.97 Å². The molecule has 1 aromatic heterocycles. The summed E-state index contributed by atoms with van der Waals surface area (Å²) in [6.45, 7) is 3.99. The molecule has 6 heteroatoms. The topological polar surface area (TPSA) is 25.8 Å². The summed E-state index contributed by atoms with van der Waals surface area (Å²) < 4.78 is 26.7. The first-order valence-electron chi connectivity index (χ1n) is 5.63. The summed E-state index contributed by atoms with van der Waals surface area (Å²) in [5.74, 6) is -0.806. The molecular weight excluding hydrogens is 334 g/mol. The smallest absolute Gasteiger partial charge is 0.159 e. The van der Waals surface area contributed by atoms with E-state index in [0.717, 1.165) is 12.1 Å². The van der Waals surface area contributed by atoms with Gasteiger partial charge in [0.1, 0.15) is 15.5 Å². The van der Waals surface area contributed by atoms with E-state index in [1.54, 1.807) is 6.07 Å². The molecule has 2 nitrogen and oxygen atoms in total. The van der Waals surface area contributed by atoms with Crippen molar-refractivity contribution >= 4 is 27.7 Å². The van der Waals surface area contributed by atoms with Gasteiger partial charge in [-0.25, -0.2) is 18.7 Å². The molecule has 1 heterocycles. The van der Waals surface area contributed by atoms with Gasteiger partial charge < -0.3 is 0 Å². The number of nitrogens with zero attached hydrogens (tertiary/aromatic N) is 2. The fraction of sp³-hybridized carbons (Fsp3) is 0.231. The Kier molecular flexibility index (Phi) is 4.52. The molecule has 100 valence electrons. The Hall–Kier alpha value is -1.01. The average Bonchev–Trinajstić information content (AvgIpc) is 2.33. The van der Waals surface area contributed by atoms with Crippen LogP contribution in [0.5, 0.6) is 0 Å². The predicted molar refractivity (Wildman–Crippen MR) is 74.3 cm³/mol. The van der Waals surface area contributed by atoms with Gasteiger partial charge in [-0.2, -0.15) is 0 Å². The zero-order valence-corrected chi connectivity index (χ0v) is 12.7. The van der Waals surface area contributed by atoms with Crippen LogP contribution >= 0.6 is 27.7 Å². The Balaban J connectivity index is 2.29. The number of aromatic nitrogens is 2. The van der Waals surface area contributed by atoms with Crippen molar-refractivity contribution in [2.24, 2.45) is 0 Å². The number of halogens is 3. The zero-order valence-electron chi connectivity index (χ0n) is 10.3. The summed E-state index contributed by atoms with van der Waals surface area (Å²) in [6.07, 6.45) is 0. The summed E-state index contributed by atoms with van der Waals surface area (Å²) in [5.41, 5.74) is 0. The van der Waals surface area contributed by atoms with Gasteiger partial charge in [-0.3, -0.25) is 0 Å². The lowest BCUT2D eigenvalue weighted by molar-refractivity contribution is 0.506. The van der Waals surface area contributed by atoms with Gasteiger partial charge in [-0.1, -0.05) is 25.6 Å². The molecule has 0 atom stereocenters. The van der Waals surface area contributed by atoms with Gasteiger partial charge in [0.2, 0.25) is 0 Å². The summed E-state index contributed by atoms with van der Waals surface area (Å²) in [4.78, 5) is 9.25. The van der Waals surface area contributed by atoms with E-state index < -0.39 is 11.6 Å². The molecule has 0 radical (unpaired) electrons.